The Balaban J connectivity index is 0. The summed E-state index contributed by atoms with van der Waals surface area (Å²) in [6.07, 6.45) is 0. The zero-order valence-corrected chi connectivity index (χ0v) is 9.41. The molecule has 0 nitrogen and oxygen atoms in total. The summed E-state index contributed by atoms with van der Waals surface area (Å²) < 4.78 is 0. The molecule has 32 valence electrons. The van der Waals surface area contributed by atoms with Crippen LogP contribution in [0.3, 0.4) is 0 Å². The maximum atomic E-state index is 2.30. The van der Waals surface area contributed by atoms with E-state index < -0.39 is 0 Å². The molecule has 2 heteroatoms. The molecule has 6 heavy (non-hydrogen) atoms. The van der Waals surface area contributed by atoms with Gasteiger partial charge in [0.1, 0.15) is 0 Å². The predicted octanol–water partition coefficient (Wildman–Crippen LogP) is -1.96. The van der Waals surface area contributed by atoms with Crippen LogP contribution in [-0.4, -0.2) is 15.2 Å². The molecule has 0 aromatic carbocycles. The van der Waals surface area contributed by atoms with Gasteiger partial charge in [-0.3, -0.25) is 0 Å². The predicted molar refractivity (Wildman–Crippen MR) is 29.5 cm³/mol. The molecule has 0 bridgehead atoms. The van der Waals surface area contributed by atoms with Gasteiger partial charge in [-0.05, 0) is 0 Å². The smallest absolute Gasteiger partial charge is 0.201 e. The topological polar surface area (TPSA) is 0 Å². The molecule has 0 atom stereocenters. The molecular formula is C4H12AlNa. The first kappa shape index (κ1) is 10.5. The van der Waals surface area contributed by atoms with Crippen molar-refractivity contribution < 1.29 is 29.6 Å². The van der Waals surface area contributed by atoms with Gasteiger partial charge in [0.2, 0.25) is 0 Å². The first-order valence-electron chi connectivity index (χ1n) is 2.83. The van der Waals surface area contributed by atoms with Gasteiger partial charge in [0, 0.05) is 0 Å². The Morgan fingerprint density at radius 3 is 1.50 bits per heavy atom. The van der Waals surface area contributed by atoms with Crippen LogP contribution in [0.5, 0.6) is 0 Å². The maximum absolute atomic E-state index is 2.30. The first-order chi connectivity index (χ1) is 2.41. The van der Waals surface area contributed by atoms with Crippen LogP contribution in [0.15, 0.2) is 0 Å². The summed E-state index contributed by atoms with van der Waals surface area (Å²) >= 11 is 0.0494. The van der Waals surface area contributed by atoms with Gasteiger partial charge in [-0.1, -0.05) is 0 Å². The van der Waals surface area contributed by atoms with Gasteiger partial charge in [0.15, 0.2) is 0 Å². The fourth-order valence-electron chi connectivity index (χ4n) is 0.500. The van der Waals surface area contributed by atoms with E-state index in [-0.39, 0.29) is 44.8 Å². The Morgan fingerprint density at radius 1 is 1.17 bits per heavy atom. The van der Waals surface area contributed by atoms with Gasteiger partial charge < -0.3 is 0 Å². The summed E-state index contributed by atoms with van der Waals surface area (Å²) in [5.41, 5.74) is 0. The fourth-order valence-corrected chi connectivity index (χ4v) is 1.50. The van der Waals surface area contributed by atoms with Gasteiger partial charge in [-0.15, -0.1) is 13.8 Å². The molecule has 0 aliphatic rings. The molecule has 0 amide bonds. The van der Waals surface area contributed by atoms with Crippen LogP contribution in [-0.2, 0) is 0 Å². The van der Waals surface area contributed by atoms with Crippen molar-refractivity contribution >= 4 is 15.2 Å². The summed E-state index contributed by atoms with van der Waals surface area (Å²) in [5, 5.41) is 3.08. The van der Waals surface area contributed by atoms with Gasteiger partial charge in [-0.2, -0.15) is 0 Å². The second-order valence-electron chi connectivity index (χ2n) is 1.91. The molecule has 0 fully saturated rings. The molecule has 0 heterocycles. The van der Waals surface area contributed by atoms with Crippen LogP contribution in [0, 0.1) is 0 Å². The Kier molecular flexibility index (Phi) is 17.0. The zero-order chi connectivity index (χ0) is 4.12. The van der Waals surface area contributed by atoms with Gasteiger partial charge in [0.25, 0.3) is 0 Å². The minimum Gasteiger partial charge on any atom is -0.201 e. The third-order valence-electron chi connectivity index (χ3n) is 1.000. The van der Waals surface area contributed by atoms with Crippen molar-refractivity contribution in [2.75, 3.05) is 0 Å². The Bertz CT molecular complexity index is 15.0. The summed E-state index contributed by atoms with van der Waals surface area (Å²) in [4.78, 5) is 0. The number of hydrogen-bond donors (Lipinski definition) is 0. The molecular weight excluding hydrogens is 98.0 g/mol. The minimum atomic E-state index is 0. The van der Waals surface area contributed by atoms with E-state index >= 15 is 0 Å². The van der Waals surface area contributed by atoms with Gasteiger partial charge in [-0.25, -0.2) is 10.6 Å². The molecule has 0 spiro atoms. The normalized spacial score (nSPS) is 7.00. The summed E-state index contributed by atoms with van der Waals surface area (Å²) in [6, 6.07) is 0. The average molecular weight is 110 g/mol. The molecule has 0 saturated heterocycles. The molecule has 0 radical (unpaired) electrons. The van der Waals surface area contributed by atoms with Crippen molar-refractivity contribution in [2.45, 2.75) is 24.4 Å². The molecule has 0 aliphatic heterocycles. The molecule has 0 unspecified atom stereocenters. The molecule has 0 saturated carbocycles. The van der Waals surface area contributed by atoms with E-state index in [0.29, 0.717) is 0 Å². The molecule has 0 aromatic heterocycles. The fraction of sp³-hybridized carbons (Fsp3) is 1.00. The minimum absolute atomic E-state index is 0. The Morgan fingerprint density at radius 2 is 1.50 bits per heavy atom. The Hall–Kier alpha value is 1.53. The van der Waals surface area contributed by atoms with E-state index in [0.717, 1.165) is 0 Å². The SMILES string of the molecule is C[CH2][AlH2-][CH2]C.[Na+]. The van der Waals surface area contributed by atoms with Crippen molar-refractivity contribution in [2.24, 2.45) is 0 Å². The van der Waals surface area contributed by atoms with E-state index in [1.807, 2.05) is 0 Å². The average Bonchev–Trinajstić information content (AvgIpc) is 1.41. The van der Waals surface area contributed by atoms with Crippen molar-refractivity contribution in [3.8, 4) is 0 Å². The van der Waals surface area contributed by atoms with Crippen LogP contribution in [0.25, 0.3) is 0 Å². The van der Waals surface area contributed by atoms with E-state index in [1.54, 1.807) is 0 Å². The summed E-state index contributed by atoms with van der Waals surface area (Å²) in [5.74, 6) is 0. The van der Waals surface area contributed by atoms with Crippen molar-refractivity contribution in [1.82, 2.24) is 0 Å². The second-order valence-corrected chi connectivity index (χ2v) is 5.74. The molecule has 0 rings (SSSR count). The molecule has 0 aliphatic carbocycles. The third kappa shape index (κ3) is 9.11. The maximum Gasteiger partial charge on any atom is 1.00 e. The van der Waals surface area contributed by atoms with Gasteiger partial charge in [0.05, 0.1) is 15.2 Å². The van der Waals surface area contributed by atoms with Crippen LogP contribution < -0.4 is 29.6 Å². The van der Waals surface area contributed by atoms with Crippen LogP contribution in [0.1, 0.15) is 13.8 Å². The van der Waals surface area contributed by atoms with E-state index in [2.05, 4.69) is 13.8 Å². The van der Waals surface area contributed by atoms with Crippen molar-refractivity contribution in [1.29, 1.82) is 0 Å². The Labute approximate surface area is 68.7 Å². The van der Waals surface area contributed by atoms with Crippen LogP contribution in [0.4, 0.5) is 0 Å². The van der Waals surface area contributed by atoms with Crippen LogP contribution >= 0.6 is 0 Å². The number of hydrogen-bond acceptors (Lipinski definition) is 0. The summed E-state index contributed by atoms with van der Waals surface area (Å²) in [7, 11) is 0. The molecule has 0 aromatic rings. The van der Waals surface area contributed by atoms with E-state index in [9.17, 15) is 0 Å². The number of rotatable bonds is 2. The van der Waals surface area contributed by atoms with E-state index in [1.165, 1.54) is 10.6 Å². The quantitative estimate of drug-likeness (QED) is 0.362. The monoisotopic (exact) mass is 110 g/mol. The van der Waals surface area contributed by atoms with E-state index in [4.69, 9.17) is 0 Å². The van der Waals surface area contributed by atoms with Crippen molar-refractivity contribution in [3.63, 3.8) is 0 Å². The van der Waals surface area contributed by atoms with Gasteiger partial charge >= 0.3 is 29.6 Å². The first-order valence-corrected chi connectivity index (χ1v) is 5.66. The zero-order valence-electron chi connectivity index (χ0n) is 5.41. The summed E-state index contributed by atoms with van der Waals surface area (Å²) in [6.45, 7) is 4.60. The second kappa shape index (κ2) is 9.73. The standard InChI is InChI=1S/2C2H5.Al.Na.2H/c2*1-2;;;;/h2*1H2,2H3;;;;/q;;-1;+1;;. The van der Waals surface area contributed by atoms with Crippen molar-refractivity contribution in [3.05, 3.63) is 0 Å². The molecule has 0 N–H and O–H groups in total. The van der Waals surface area contributed by atoms with Crippen LogP contribution in [0.2, 0.25) is 10.6 Å². The third-order valence-corrected chi connectivity index (χ3v) is 3.00. The largest absolute Gasteiger partial charge is 1.00 e.